The molecule has 0 aliphatic heterocycles. The SMILES string of the molecule is Cc1nn(C)c(C)c1CCOc1cccnc1-c1ccc2nnc(CN(C)C(=O)OC(C)(C)C)n2c1. The first kappa shape index (κ1) is 25.2. The minimum atomic E-state index is -0.574. The van der Waals surface area contributed by atoms with Gasteiger partial charge in [0.1, 0.15) is 17.0 Å². The maximum absolute atomic E-state index is 12.4. The molecule has 36 heavy (non-hydrogen) atoms. The van der Waals surface area contributed by atoms with Crippen molar-refractivity contribution in [3.63, 3.8) is 0 Å². The highest BCUT2D eigenvalue weighted by Gasteiger charge is 2.21. The molecule has 0 atom stereocenters. The Morgan fingerprint density at radius 1 is 1.14 bits per heavy atom. The van der Waals surface area contributed by atoms with Crippen molar-refractivity contribution in [1.29, 1.82) is 0 Å². The van der Waals surface area contributed by atoms with Gasteiger partial charge in [-0.05, 0) is 64.4 Å². The molecule has 0 aromatic carbocycles. The summed E-state index contributed by atoms with van der Waals surface area (Å²) in [7, 11) is 3.63. The fourth-order valence-corrected chi connectivity index (χ4v) is 3.97. The third-order valence-corrected chi connectivity index (χ3v) is 5.87. The predicted octanol–water partition coefficient (Wildman–Crippen LogP) is 4.13. The first-order valence-electron chi connectivity index (χ1n) is 11.9. The standard InChI is InChI=1S/C26H33N7O3/c1-17-20(18(2)32(7)30-17)12-14-35-21-9-8-13-27-24(21)19-10-11-22-28-29-23(33(22)15-19)16-31(6)25(34)36-26(3,4)5/h8-11,13,15H,12,14,16H2,1-7H3. The molecule has 4 heterocycles. The van der Waals surface area contributed by atoms with Gasteiger partial charge in [0.15, 0.2) is 11.5 Å². The lowest BCUT2D eigenvalue weighted by Gasteiger charge is -2.24. The van der Waals surface area contributed by atoms with E-state index in [9.17, 15) is 4.79 Å². The molecule has 4 rings (SSSR count). The summed E-state index contributed by atoms with van der Waals surface area (Å²) in [5, 5.41) is 13.0. The Morgan fingerprint density at radius 2 is 1.92 bits per heavy atom. The maximum atomic E-state index is 12.4. The molecule has 4 aromatic rings. The molecule has 4 aromatic heterocycles. The van der Waals surface area contributed by atoms with Crippen LogP contribution in [0.2, 0.25) is 0 Å². The quantitative estimate of drug-likeness (QED) is 0.383. The van der Waals surface area contributed by atoms with E-state index >= 15 is 0 Å². The minimum absolute atomic E-state index is 0.245. The summed E-state index contributed by atoms with van der Waals surface area (Å²) in [5.41, 5.74) is 5.04. The van der Waals surface area contributed by atoms with Crippen molar-refractivity contribution in [3.05, 3.63) is 59.4 Å². The van der Waals surface area contributed by atoms with Crippen LogP contribution in [0, 0.1) is 13.8 Å². The van der Waals surface area contributed by atoms with E-state index in [1.54, 1.807) is 13.2 Å². The largest absolute Gasteiger partial charge is 0.491 e. The monoisotopic (exact) mass is 491 g/mol. The van der Waals surface area contributed by atoms with Gasteiger partial charge in [0.25, 0.3) is 0 Å². The number of pyridine rings is 2. The summed E-state index contributed by atoms with van der Waals surface area (Å²) in [6.45, 7) is 10.3. The smallest absolute Gasteiger partial charge is 0.410 e. The van der Waals surface area contributed by atoms with Crippen molar-refractivity contribution >= 4 is 11.7 Å². The van der Waals surface area contributed by atoms with Gasteiger partial charge >= 0.3 is 6.09 Å². The Labute approximate surface area is 210 Å². The van der Waals surface area contributed by atoms with Gasteiger partial charge in [-0.1, -0.05) is 0 Å². The van der Waals surface area contributed by atoms with E-state index in [0.717, 1.165) is 29.1 Å². The molecule has 1 amide bonds. The molecule has 10 nitrogen and oxygen atoms in total. The third kappa shape index (κ3) is 5.48. The number of aryl methyl sites for hydroxylation is 2. The summed E-state index contributed by atoms with van der Waals surface area (Å²) in [6, 6.07) is 7.59. The number of ether oxygens (including phenoxy) is 2. The van der Waals surface area contributed by atoms with Crippen LogP contribution in [0.5, 0.6) is 5.75 Å². The van der Waals surface area contributed by atoms with Crippen LogP contribution >= 0.6 is 0 Å². The normalized spacial score (nSPS) is 11.6. The molecule has 0 aliphatic rings. The van der Waals surface area contributed by atoms with Gasteiger partial charge in [0, 0.05) is 44.2 Å². The van der Waals surface area contributed by atoms with Crippen LogP contribution in [-0.4, -0.2) is 59.6 Å². The average Bonchev–Trinajstić information content (AvgIpc) is 3.32. The Kier molecular flexibility index (Phi) is 6.96. The number of fused-ring (bicyclic) bond motifs is 1. The van der Waals surface area contributed by atoms with Gasteiger partial charge in [-0.15, -0.1) is 10.2 Å². The zero-order chi connectivity index (χ0) is 26.0. The van der Waals surface area contributed by atoms with Crippen molar-refractivity contribution in [3.8, 4) is 17.0 Å². The zero-order valence-electron chi connectivity index (χ0n) is 21.9. The number of nitrogens with zero attached hydrogens (tertiary/aromatic N) is 7. The van der Waals surface area contributed by atoms with Crippen molar-refractivity contribution in [1.82, 2.24) is 34.3 Å². The van der Waals surface area contributed by atoms with E-state index in [1.165, 1.54) is 10.5 Å². The highest BCUT2D eigenvalue weighted by atomic mass is 16.6. The molecular weight excluding hydrogens is 458 g/mol. The van der Waals surface area contributed by atoms with Gasteiger partial charge < -0.3 is 14.4 Å². The fraction of sp³-hybridized carbons (Fsp3) is 0.423. The van der Waals surface area contributed by atoms with E-state index < -0.39 is 11.7 Å². The van der Waals surface area contributed by atoms with Crippen molar-refractivity contribution in [2.24, 2.45) is 7.05 Å². The Bertz CT molecular complexity index is 1380. The molecule has 10 heteroatoms. The molecule has 0 fully saturated rings. The highest BCUT2D eigenvalue weighted by molar-refractivity contribution is 5.68. The number of aromatic nitrogens is 6. The zero-order valence-corrected chi connectivity index (χ0v) is 21.9. The molecule has 0 saturated heterocycles. The summed E-state index contributed by atoms with van der Waals surface area (Å²) in [4.78, 5) is 18.5. The van der Waals surface area contributed by atoms with Crippen molar-refractivity contribution in [2.45, 2.75) is 53.2 Å². The van der Waals surface area contributed by atoms with Crippen LogP contribution in [0.3, 0.4) is 0 Å². The minimum Gasteiger partial charge on any atom is -0.491 e. The number of rotatable bonds is 7. The number of hydrogen-bond donors (Lipinski definition) is 0. The number of carbonyl (C=O) groups excluding carboxylic acids is 1. The maximum Gasteiger partial charge on any atom is 0.410 e. The number of hydrogen-bond acceptors (Lipinski definition) is 7. The number of amides is 1. The fourth-order valence-electron chi connectivity index (χ4n) is 3.97. The molecule has 0 saturated carbocycles. The predicted molar refractivity (Wildman–Crippen MR) is 136 cm³/mol. The first-order valence-corrected chi connectivity index (χ1v) is 11.9. The molecule has 0 aliphatic carbocycles. The lowest BCUT2D eigenvalue weighted by atomic mass is 10.1. The summed E-state index contributed by atoms with van der Waals surface area (Å²) in [6.07, 6.45) is 3.99. The average molecular weight is 492 g/mol. The number of carbonyl (C=O) groups is 1. The molecule has 0 bridgehead atoms. The van der Waals surface area contributed by atoms with Crippen molar-refractivity contribution in [2.75, 3.05) is 13.7 Å². The van der Waals surface area contributed by atoms with Gasteiger partial charge in [-0.2, -0.15) is 5.10 Å². The van der Waals surface area contributed by atoms with Gasteiger partial charge in [-0.3, -0.25) is 14.1 Å². The van der Waals surface area contributed by atoms with Gasteiger partial charge in [-0.25, -0.2) is 4.79 Å². The second kappa shape index (κ2) is 9.96. The van der Waals surface area contributed by atoms with E-state index in [0.29, 0.717) is 23.8 Å². The summed E-state index contributed by atoms with van der Waals surface area (Å²) in [5.74, 6) is 1.30. The van der Waals surface area contributed by atoms with E-state index in [2.05, 4.69) is 27.2 Å². The second-order valence-electron chi connectivity index (χ2n) is 9.82. The van der Waals surface area contributed by atoms with Crippen LogP contribution in [-0.2, 0) is 24.8 Å². The molecule has 0 N–H and O–H groups in total. The molecule has 0 unspecified atom stereocenters. The second-order valence-corrected chi connectivity index (χ2v) is 9.82. The van der Waals surface area contributed by atoms with Crippen LogP contribution < -0.4 is 4.74 Å². The molecule has 0 radical (unpaired) electrons. The Morgan fingerprint density at radius 3 is 2.61 bits per heavy atom. The molecular formula is C26H33N7O3. The Balaban J connectivity index is 1.54. The van der Waals surface area contributed by atoms with Gasteiger partial charge in [0.05, 0.1) is 18.8 Å². The highest BCUT2D eigenvalue weighted by Crippen LogP contribution is 2.28. The van der Waals surface area contributed by atoms with Gasteiger partial charge in [0.2, 0.25) is 0 Å². The lowest BCUT2D eigenvalue weighted by Crippen LogP contribution is -2.34. The molecule has 0 spiro atoms. The molecule has 190 valence electrons. The van der Waals surface area contributed by atoms with Crippen LogP contribution in [0.4, 0.5) is 4.79 Å². The van der Waals surface area contributed by atoms with Crippen LogP contribution in [0.25, 0.3) is 16.9 Å². The van der Waals surface area contributed by atoms with E-state index in [1.807, 2.05) is 74.3 Å². The van der Waals surface area contributed by atoms with Crippen LogP contribution in [0.15, 0.2) is 36.7 Å². The first-order chi connectivity index (χ1) is 17.0. The van der Waals surface area contributed by atoms with Crippen LogP contribution in [0.1, 0.15) is 43.5 Å². The topological polar surface area (TPSA) is 99.7 Å². The van der Waals surface area contributed by atoms with E-state index in [4.69, 9.17) is 9.47 Å². The van der Waals surface area contributed by atoms with Crippen molar-refractivity contribution < 1.29 is 14.3 Å². The summed E-state index contributed by atoms with van der Waals surface area (Å²) >= 11 is 0. The van der Waals surface area contributed by atoms with E-state index in [-0.39, 0.29) is 6.54 Å². The Hall–Kier alpha value is -3.95. The lowest BCUT2D eigenvalue weighted by molar-refractivity contribution is 0.0280. The summed E-state index contributed by atoms with van der Waals surface area (Å²) < 4.78 is 15.4. The third-order valence-electron chi connectivity index (χ3n) is 5.87.